The maximum absolute atomic E-state index is 13.4. The fraction of sp³-hybridized carbons (Fsp3) is 0. The molecule has 6 nitrogen and oxygen atoms in total. The molecular weight excluding hydrogens is 284 g/mol. The molecule has 0 saturated carbocycles. The van der Waals surface area contributed by atoms with E-state index < -0.39 is 22.5 Å². The third-order valence-electron chi connectivity index (χ3n) is 2.66. The van der Waals surface area contributed by atoms with E-state index in [0.29, 0.717) is 0 Å². The Labute approximate surface area is 117 Å². The number of nitrogens with zero attached hydrogens (tertiary/aromatic N) is 1. The Hall–Kier alpha value is -3.03. The summed E-state index contributed by atoms with van der Waals surface area (Å²) in [5, 5.41) is 12.8. The molecule has 0 atom stereocenters. The zero-order chi connectivity index (χ0) is 15.6. The highest BCUT2D eigenvalue weighted by atomic mass is 19.1. The molecule has 0 heterocycles. The Balaban J connectivity index is 2.26. The largest absolute Gasteiger partial charge is 0.393 e. The van der Waals surface area contributed by atoms with Gasteiger partial charge in [-0.05, 0) is 24.3 Å². The lowest BCUT2D eigenvalue weighted by molar-refractivity contribution is -0.383. The number of hydrogen-bond donors (Lipinski definition) is 2. The van der Waals surface area contributed by atoms with Crippen LogP contribution in [0, 0.1) is 21.7 Å². The first-order valence-corrected chi connectivity index (χ1v) is 5.69. The van der Waals surface area contributed by atoms with E-state index in [-0.39, 0.29) is 22.6 Å². The molecule has 1 amide bonds. The van der Waals surface area contributed by atoms with Gasteiger partial charge in [0.2, 0.25) is 0 Å². The molecule has 3 N–H and O–H groups in total. The maximum Gasteiger partial charge on any atom is 0.292 e. The number of nitrogen functional groups attached to an aromatic ring is 1. The standard InChI is InChI=1S/C13H9F2N3O3/c14-8-2-3-9(15)11(6-8)17-13(19)7-1-4-12(18(20)21)10(16)5-7/h1-6H,16H2,(H,17,19). The normalized spacial score (nSPS) is 10.2. The number of rotatable bonds is 3. The topological polar surface area (TPSA) is 98.3 Å². The Morgan fingerprint density at radius 2 is 1.90 bits per heavy atom. The third-order valence-corrected chi connectivity index (χ3v) is 2.66. The van der Waals surface area contributed by atoms with Crippen LogP contribution in [-0.2, 0) is 0 Å². The van der Waals surface area contributed by atoms with Gasteiger partial charge in [-0.15, -0.1) is 0 Å². The van der Waals surface area contributed by atoms with Crippen LogP contribution in [0.4, 0.5) is 25.8 Å². The highest BCUT2D eigenvalue weighted by molar-refractivity contribution is 6.05. The van der Waals surface area contributed by atoms with Gasteiger partial charge in [0.25, 0.3) is 11.6 Å². The summed E-state index contributed by atoms with van der Waals surface area (Å²) in [6, 6.07) is 5.92. The fourth-order valence-corrected chi connectivity index (χ4v) is 1.65. The second kappa shape index (κ2) is 5.53. The second-order valence-electron chi connectivity index (χ2n) is 4.11. The Morgan fingerprint density at radius 1 is 1.19 bits per heavy atom. The van der Waals surface area contributed by atoms with Crippen LogP contribution in [0.5, 0.6) is 0 Å². The minimum absolute atomic E-state index is 0.0123. The first-order chi connectivity index (χ1) is 9.88. The molecule has 2 rings (SSSR count). The van der Waals surface area contributed by atoms with Crippen molar-refractivity contribution in [2.24, 2.45) is 0 Å². The van der Waals surface area contributed by atoms with Crippen molar-refractivity contribution in [2.75, 3.05) is 11.1 Å². The summed E-state index contributed by atoms with van der Waals surface area (Å²) in [4.78, 5) is 21.8. The number of nitrogens with two attached hydrogens (primary N) is 1. The molecule has 0 unspecified atom stereocenters. The smallest absolute Gasteiger partial charge is 0.292 e. The van der Waals surface area contributed by atoms with Gasteiger partial charge in [0.15, 0.2) is 0 Å². The molecular formula is C13H9F2N3O3. The van der Waals surface area contributed by atoms with E-state index in [1.807, 2.05) is 0 Å². The van der Waals surface area contributed by atoms with E-state index in [1.165, 1.54) is 6.07 Å². The average Bonchev–Trinajstić information content (AvgIpc) is 2.42. The van der Waals surface area contributed by atoms with Gasteiger partial charge in [0.05, 0.1) is 10.6 Å². The zero-order valence-electron chi connectivity index (χ0n) is 10.5. The molecule has 0 aliphatic heterocycles. The van der Waals surface area contributed by atoms with Gasteiger partial charge in [-0.25, -0.2) is 8.78 Å². The third kappa shape index (κ3) is 3.11. The summed E-state index contributed by atoms with van der Waals surface area (Å²) in [5.74, 6) is -2.28. The van der Waals surface area contributed by atoms with Crippen LogP contribution in [0.3, 0.4) is 0 Å². The first kappa shape index (κ1) is 14.4. The number of anilines is 2. The highest BCUT2D eigenvalue weighted by Gasteiger charge is 2.15. The van der Waals surface area contributed by atoms with Gasteiger partial charge in [0.1, 0.15) is 17.3 Å². The molecule has 0 aromatic heterocycles. The van der Waals surface area contributed by atoms with Crippen molar-refractivity contribution < 1.29 is 18.5 Å². The summed E-state index contributed by atoms with van der Waals surface area (Å²) in [5.41, 5.74) is 4.56. The number of halogens is 2. The molecule has 8 heteroatoms. The maximum atomic E-state index is 13.4. The van der Waals surface area contributed by atoms with E-state index in [0.717, 1.165) is 30.3 Å². The van der Waals surface area contributed by atoms with Crippen LogP contribution in [0.15, 0.2) is 36.4 Å². The lowest BCUT2D eigenvalue weighted by Crippen LogP contribution is -2.13. The van der Waals surface area contributed by atoms with Crippen LogP contribution in [-0.4, -0.2) is 10.8 Å². The number of nitro groups is 1. The Morgan fingerprint density at radius 3 is 2.52 bits per heavy atom. The number of hydrogen-bond acceptors (Lipinski definition) is 4. The molecule has 0 aliphatic rings. The minimum atomic E-state index is -0.806. The number of benzene rings is 2. The molecule has 0 bridgehead atoms. The van der Waals surface area contributed by atoms with Gasteiger partial charge >= 0.3 is 0 Å². The molecule has 2 aromatic rings. The molecule has 0 saturated heterocycles. The van der Waals surface area contributed by atoms with Crippen molar-refractivity contribution in [3.63, 3.8) is 0 Å². The molecule has 108 valence electrons. The monoisotopic (exact) mass is 293 g/mol. The molecule has 0 spiro atoms. The zero-order valence-corrected chi connectivity index (χ0v) is 10.5. The van der Waals surface area contributed by atoms with E-state index in [4.69, 9.17) is 5.73 Å². The van der Waals surface area contributed by atoms with Crippen molar-refractivity contribution in [1.82, 2.24) is 0 Å². The number of nitrogens with one attached hydrogen (secondary N) is 1. The quantitative estimate of drug-likeness (QED) is 0.516. The minimum Gasteiger partial charge on any atom is -0.393 e. The summed E-state index contributed by atoms with van der Waals surface area (Å²) in [6.07, 6.45) is 0. The van der Waals surface area contributed by atoms with E-state index >= 15 is 0 Å². The van der Waals surface area contributed by atoms with Crippen LogP contribution in [0.1, 0.15) is 10.4 Å². The van der Waals surface area contributed by atoms with Gasteiger partial charge in [-0.1, -0.05) is 0 Å². The predicted octanol–water partition coefficient (Wildman–Crippen LogP) is 2.71. The summed E-state index contributed by atoms with van der Waals surface area (Å²) in [6.45, 7) is 0. The van der Waals surface area contributed by atoms with Crippen molar-refractivity contribution >= 4 is 23.0 Å². The number of carbonyl (C=O) groups is 1. The van der Waals surface area contributed by atoms with E-state index in [1.54, 1.807) is 0 Å². The SMILES string of the molecule is Nc1cc(C(=O)Nc2cc(F)ccc2F)ccc1[N+](=O)[O-]. The van der Waals surface area contributed by atoms with Gasteiger partial charge in [-0.2, -0.15) is 0 Å². The number of amides is 1. The number of carbonyl (C=O) groups excluding carboxylic acids is 1. The van der Waals surface area contributed by atoms with Crippen molar-refractivity contribution in [2.45, 2.75) is 0 Å². The van der Waals surface area contributed by atoms with Crippen molar-refractivity contribution in [3.05, 3.63) is 63.7 Å². The summed E-state index contributed by atoms with van der Waals surface area (Å²) >= 11 is 0. The second-order valence-corrected chi connectivity index (χ2v) is 4.11. The summed E-state index contributed by atoms with van der Waals surface area (Å²) in [7, 11) is 0. The van der Waals surface area contributed by atoms with Crippen LogP contribution in [0.25, 0.3) is 0 Å². The Kier molecular flexibility index (Phi) is 3.79. The molecule has 0 aliphatic carbocycles. The molecule has 2 aromatic carbocycles. The van der Waals surface area contributed by atoms with Crippen LogP contribution >= 0.6 is 0 Å². The average molecular weight is 293 g/mol. The molecule has 0 radical (unpaired) electrons. The van der Waals surface area contributed by atoms with Gasteiger partial charge in [0, 0.05) is 17.7 Å². The molecule has 21 heavy (non-hydrogen) atoms. The van der Waals surface area contributed by atoms with Crippen molar-refractivity contribution in [3.8, 4) is 0 Å². The number of nitro benzene ring substituents is 1. The summed E-state index contributed by atoms with van der Waals surface area (Å²) < 4.78 is 26.4. The molecule has 0 fully saturated rings. The van der Waals surface area contributed by atoms with Crippen LogP contribution < -0.4 is 11.1 Å². The lowest BCUT2D eigenvalue weighted by Gasteiger charge is -2.07. The van der Waals surface area contributed by atoms with E-state index in [9.17, 15) is 23.7 Å². The van der Waals surface area contributed by atoms with Gasteiger partial charge < -0.3 is 11.1 Å². The predicted molar refractivity (Wildman–Crippen MR) is 71.8 cm³/mol. The highest BCUT2D eigenvalue weighted by Crippen LogP contribution is 2.23. The first-order valence-electron chi connectivity index (χ1n) is 5.69. The van der Waals surface area contributed by atoms with Gasteiger partial charge in [-0.3, -0.25) is 14.9 Å². The lowest BCUT2D eigenvalue weighted by atomic mass is 10.1. The van der Waals surface area contributed by atoms with Crippen LogP contribution in [0.2, 0.25) is 0 Å². The fourth-order valence-electron chi connectivity index (χ4n) is 1.65. The van der Waals surface area contributed by atoms with Crippen molar-refractivity contribution in [1.29, 1.82) is 0 Å². The Bertz CT molecular complexity index is 735. The van der Waals surface area contributed by atoms with E-state index in [2.05, 4.69) is 5.32 Å².